The van der Waals surface area contributed by atoms with Gasteiger partial charge in [0.15, 0.2) is 5.65 Å². The van der Waals surface area contributed by atoms with Crippen LogP contribution < -0.4 is 11.1 Å². The zero-order valence-corrected chi connectivity index (χ0v) is 22.1. The van der Waals surface area contributed by atoms with Crippen LogP contribution in [0.4, 0.5) is 24.8 Å². The maximum atomic E-state index is 13.0. The van der Waals surface area contributed by atoms with Gasteiger partial charge in [0.2, 0.25) is 5.91 Å². The zero-order valence-electron chi connectivity index (χ0n) is 22.1. The van der Waals surface area contributed by atoms with Crippen LogP contribution in [0.5, 0.6) is 0 Å². The molecule has 1 saturated heterocycles. The van der Waals surface area contributed by atoms with Crippen molar-refractivity contribution in [2.75, 3.05) is 37.9 Å². The molecule has 1 unspecified atom stereocenters. The van der Waals surface area contributed by atoms with Crippen molar-refractivity contribution in [2.24, 2.45) is 0 Å². The molecule has 1 fully saturated rings. The SMILES string of the molecule is COCCC(=O)N1CCCC(n2nc(-c3ccc(C(=O)Nc4cc(C(F)(F)F)ccn4)cc3)c3c(N)ncnc32)C1. The smallest absolute Gasteiger partial charge is 0.384 e. The molecular weight excluding hydrogens is 541 g/mol. The highest BCUT2D eigenvalue weighted by Crippen LogP contribution is 2.34. The van der Waals surface area contributed by atoms with E-state index in [1.165, 1.54) is 18.5 Å². The van der Waals surface area contributed by atoms with Gasteiger partial charge >= 0.3 is 6.18 Å². The molecule has 0 radical (unpaired) electrons. The Labute approximate surface area is 232 Å². The third-order valence-electron chi connectivity index (χ3n) is 6.88. The lowest BCUT2D eigenvalue weighted by Gasteiger charge is -2.33. The molecule has 41 heavy (non-hydrogen) atoms. The quantitative estimate of drug-likeness (QED) is 0.342. The number of fused-ring (bicyclic) bond motifs is 1. The van der Waals surface area contributed by atoms with E-state index in [-0.39, 0.29) is 29.1 Å². The number of hydrogen-bond donors (Lipinski definition) is 2. The summed E-state index contributed by atoms with van der Waals surface area (Å²) in [5, 5.41) is 7.76. The lowest BCUT2D eigenvalue weighted by atomic mass is 10.1. The third-order valence-corrected chi connectivity index (χ3v) is 6.88. The number of likely N-dealkylation sites (tertiary alicyclic amines) is 1. The summed E-state index contributed by atoms with van der Waals surface area (Å²) < 4.78 is 45.8. The first-order valence-electron chi connectivity index (χ1n) is 12.9. The minimum absolute atomic E-state index is 0.0107. The van der Waals surface area contributed by atoms with E-state index in [0.717, 1.165) is 31.2 Å². The van der Waals surface area contributed by atoms with Gasteiger partial charge in [0.25, 0.3) is 5.91 Å². The van der Waals surface area contributed by atoms with Gasteiger partial charge in [-0.05, 0) is 37.1 Å². The lowest BCUT2D eigenvalue weighted by molar-refractivity contribution is -0.137. The predicted octanol–water partition coefficient (Wildman–Crippen LogP) is 3.94. The summed E-state index contributed by atoms with van der Waals surface area (Å²) >= 11 is 0. The fraction of sp³-hybridized carbons (Fsp3) is 0.333. The van der Waals surface area contributed by atoms with Crippen molar-refractivity contribution in [3.05, 3.63) is 60.0 Å². The Hall–Kier alpha value is -4.59. The second-order valence-electron chi connectivity index (χ2n) is 9.59. The number of methoxy groups -OCH3 is 1. The minimum atomic E-state index is -4.56. The van der Waals surface area contributed by atoms with Crippen molar-refractivity contribution < 1.29 is 27.5 Å². The molecule has 1 aliphatic rings. The van der Waals surface area contributed by atoms with Gasteiger partial charge in [-0.2, -0.15) is 18.3 Å². The van der Waals surface area contributed by atoms with Crippen LogP contribution in [0.3, 0.4) is 0 Å². The van der Waals surface area contributed by atoms with Gasteiger partial charge in [0.05, 0.1) is 30.0 Å². The summed E-state index contributed by atoms with van der Waals surface area (Å²) in [5.41, 5.74) is 7.20. The van der Waals surface area contributed by atoms with E-state index in [1.54, 1.807) is 28.8 Å². The molecule has 214 valence electrons. The molecule has 0 spiro atoms. The van der Waals surface area contributed by atoms with Gasteiger partial charge in [-0.3, -0.25) is 9.59 Å². The molecule has 1 aromatic carbocycles. The van der Waals surface area contributed by atoms with Crippen molar-refractivity contribution in [1.29, 1.82) is 0 Å². The van der Waals surface area contributed by atoms with E-state index < -0.39 is 17.6 Å². The van der Waals surface area contributed by atoms with E-state index in [4.69, 9.17) is 15.6 Å². The van der Waals surface area contributed by atoms with Crippen LogP contribution in [-0.4, -0.2) is 68.3 Å². The molecule has 0 aliphatic carbocycles. The van der Waals surface area contributed by atoms with Crippen molar-refractivity contribution in [3.63, 3.8) is 0 Å². The number of carbonyl (C=O) groups excluding carboxylic acids is 2. The second kappa shape index (κ2) is 11.5. The molecule has 0 bridgehead atoms. The number of benzene rings is 1. The molecule has 2 amide bonds. The summed E-state index contributed by atoms with van der Waals surface area (Å²) in [6.07, 6.45) is -0.331. The Kier molecular flexibility index (Phi) is 7.83. The minimum Gasteiger partial charge on any atom is -0.384 e. The summed E-state index contributed by atoms with van der Waals surface area (Å²) in [4.78, 5) is 39.5. The van der Waals surface area contributed by atoms with Crippen molar-refractivity contribution in [1.82, 2.24) is 29.6 Å². The first-order chi connectivity index (χ1) is 19.7. The fourth-order valence-electron chi connectivity index (χ4n) is 4.82. The van der Waals surface area contributed by atoms with E-state index in [2.05, 4.69) is 20.3 Å². The highest BCUT2D eigenvalue weighted by molar-refractivity contribution is 6.04. The number of halogens is 3. The largest absolute Gasteiger partial charge is 0.416 e. The predicted molar refractivity (Wildman–Crippen MR) is 144 cm³/mol. The molecule has 14 heteroatoms. The Bertz CT molecular complexity index is 1570. The topological polar surface area (TPSA) is 141 Å². The number of nitrogens with one attached hydrogen (secondary N) is 1. The summed E-state index contributed by atoms with van der Waals surface area (Å²) in [6.45, 7) is 1.47. The number of carbonyl (C=O) groups is 2. The number of aromatic nitrogens is 5. The molecule has 3 N–H and O–H groups in total. The van der Waals surface area contributed by atoms with Crippen LogP contribution >= 0.6 is 0 Å². The molecule has 11 nitrogen and oxygen atoms in total. The van der Waals surface area contributed by atoms with E-state index in [1.807, 2.05) is 0 Å². The average molecular weight is 569 g/mol. The van der Waals surface area contributed by atoms with Crippen LogP contribution in [0.25, 0.3) is 22.3 Å². The first-order valence-corrected chi connectivity index (χ1v) is 12.9. The van der Waals surface area contributed by atoms with Crippen LogP contribution in [0.15, 0.2) is 48.9 Å². The fourth-order valence-corrected chi connectivity index (χ4v) is 4.82. The zero-order chi connectivity index (χ0) is 29.1. The number of piperidine rings is 1. The highest BCUT2D eigenvalue weighted by atomic mass is 19.4. The highest BCUT2D eigenvalue weighted by Gasteiger charge is 2.31. The number of rotatable bonds is 7. The van der Waals surface area contributed by atoms with E-state index in [0.29, 0.717) is 48.4 Å². The normalized spacial score (nSPS) is 15.7. The lowest BCUT2D eigenvalue weighted by Crippen LogP contribution is -2.41. The number of amides is 2. The number of alkyl halides is 3. The number of hydrogen-bond acceptors (Lipinski definition) is 8. The van der Waals surface area contributed by atoms with E-state index in [9.17, 15) is 22.8 Å². The monoisotopic (exact) mass is 568 g/mol. The van der Waals surface area contributed by atoms with Crippen molar-refractivity contribution >= 4 is 34.5 Å². The third kappa shape index (κ3) is 5.96. The Morgan fingerprint density at radius 2 is 1.93 bits per heavy atom. The summed E-state index contributed by atoms with van der Waals surface area (Å²) in [5.74, 6) is -0.595. The number of pyridine rings is 1. The summed E-state index contributed by atoms with van der Waals surface area (Å²) in [6, 6.07) is 7.84. The van der Waals surface area contributed by atoms with Gasteiger partial charge in [-0.1, -0.05) is 12.1 Å². The molecule has 1 aliphatic heterocycles. The van der Waals surface area contributed by atoms with Gasteiger partial charge in [-0.25, -0.2) is 19.6 Å². The molecule has 0 saturated carbocycles. The van der Waals surface area contributed by atoms with Crippen LogP contribution in [-0.2, 0) is 15.7 Å². The maximum Gasteiger partial charge on any atom is 0.416 e. The molecule has 4 aromatic rings. The number of nitrogen functional groups attached to an aromatic ring is 1. The molecular formula is C27H27F3N8O3. The van der Waals surface area contributed by atoms with Gasteiger partial charge < -0.3 is 20.7 Å². The van der Waals surface area contributed by atoms with Crippen LogP contribution in [0.2, 0.25) is 0 Å². The van der Waals surface area contributed by atoms with Gasteiger partial charge in [0, 0.05) is 37.5 Å². The second-order valence-corrected chi connectivity index (χ2v) is 9.59. The average Bonchev–Trinajstić information content (AvgIpc) is 3.37. The maximum absolute atomic E-state index is 13.0. The van der Waals surface area contributed by atoms with Crippen LogP contribution in [0, 0.1) is 0 Å². The number of anilines is 2. The number of nitrogens with zero attached hydrogens (tertiary/aromatic N) is 6. The molecule has 3 aromatic heterocycles. The van der Waals surface area contributed by atoms with E-state index >= 15 is 0 Å². The summed E-state index contributed by atoms with van der Waals surface area (Å²) in [7, 11) is 1.56. The molecule has 4 heterocycles. The van der Waals surface area contributed by atoms with Gasteiger partial charge in [0.1, 0.15) is 23.7 Å². The van der Waals surface area contributed by atoms with Crippen molar-refractivity contribution in [3.8, 4) is 11.3 Å². The number of nitrogens with two attached hydrogens (primary N) is 1. The van der Waals surface area contributed by atoms with Crippen molar-refractivity contribution in [2.45, 2.75) is 31.5 Å². The molecule has 1 atom stereocenters. The van der Waals surface area contributed by atoms with Gasteiger partial charge in [-0.15, -0.1) is 0 Å². The first kappa shape index (κ1) is 28.0. The standard InChI is InChI=1S/C27H27F3N8O3/c1-41-12-9-21(39)37-11-2-3-19(14-37)38-25-22(24(31)33-15-34-25)23(36-38)16-4-6-17(7-5-16)26(40)35-20-13-18(8-10-32-20)27(28,29)30/h4-8,10,13,15,19H,2-3,9,11-12,14H2,1H3,(H2,31,33,34)(H,32,35,40). The number of ether oxygens (including phenoxy) is 1. The Morgan fingerprint density at radius 3 is 2.66 bits per heavy atom. The molecule has 5 rings (SSSR count). The van der Waals surface area contributed by atoms with Crippen LogP contribution in [0.1, 0.15) is 41.2 Å². The Morgan fingerprint density at radius 1 is 1.15 bits per heavy atom. The Balaban J connectivity index is 1.40.